The van der Waals surface area contributed by atoms with E-state index in [1.807, 2.05) is 0 Å². The molecule has 0 aliphatic carbocycles. The zero-order valence-electron chi connectivity index (χ0n) is 8.82. The molecule has 16 heavy (non-hydrogen) atoms. The molecule has 0 bridgehead atoms. The number of pyridine rings is 1. The van der Waals surface area contributed by atoms with Crippen molar-refractivity contribution in [3.05, 3.63) is 28.8 Å². The summed E-state index contributed by atoms with van der Waals surface area (Å²) >= 11 is 5.59. The Morgan fingerprint density at radius 2 is 2.25 bits per heavy atom. The fourth-order valence-corrected chi connectivity index (χ4v) is 1.48. The molecular weight excluding hydrogens is 235 g/mol. The van der Waals surface area contributed by atoms with Crippen molar-refractivity contribution in [3.63, 3.8) is 0 Å². The summed E-state index contributed by atoms with van der Waals surface area (Å²) in [5.41, 5.74) is -0.0383. The van der Waals surface area contributed by atoms with Crippen molar-refractivity contribution in [2.24, 2.45) is 0 Å². The van der Waals surface area contributed by atoms with Gasteiger partial charge < -0.3 is 15.5 Å². The van der Waals surface area contributed by atoms with Gasteiger partial charge in [0, 0.05) is 5.56 Å². The Morgan fingerprint density at radius 1 is 1.56 bits per heavy atom. The van der Waals surface area contributed by atoms with Crippen LogP contribution in [0.1, 0.15) is 18.1 Å². The average molecular weight is 249 g/mol. The van der Waals surface area contributed by atoms with Crippen molar-refractivity contribution in [1.82, 2.24) is 10.3 Å². The smallest absolute Gasteiger partial charge is 0.147 e. The van der Waals surface area contributed by atoms with E-state index in [1.165, 1.54) is 6.07 Å². The van der Waals surface area contributed by atoms with Gasteiger partial charge in [0.1, 0.15) is 17.1 Å². The third-order valence-corrected chi connectivity index (χ3v) is 2.43. The lowest BCUT2D eigenvalue weighted by molar-refractivity contribution is 0.0119. The van der Waals surface area contributed by atoms with Crippen molar-refractivity contribution in [2.75, 3.05) is 13.6 Å². The highest BCUT2D eigenvalue weighted by Crippen LogP contribution is 2.23. The van der Waals surface area contributed by atoms with Gasteiger partial charge >= 0.3 is 0 Å². The van der Waals surface area contributed by atoms with E-state index in [0.717, 1.165) is 6.20 Å². The first-order valence-electron chi connectivity index (χ1n) is 4.88. The number of rotatable bonds is 5. The third kappa shape index (κ3) is 3.38. The largest absolute Gasteiger partial charge is 0.390 e. The monoisotopic (exact) mass is 248 g/mol. The fraction of sp³-hybridized carbons (Fsp3) is 0.500. The Bertz CT molecular complexity index is 352. The molecular formula is C10H14ClFN2O2. The summed E-state index contributed by atoms with van der Waals surface area (Å²) in [4.78, 5) is 3.53. The minimum Gasteiger partial charge on any atom is -0.390 e. The van der Waals surface area contributed by atoms with Crippen LogP contribution in [0.3, 0.4) is 0 Å². The number of aromatic nitrogens is 1. The summed E-state index contributed by atoms with van der Waals surface area (Å²) < 4.78 is 13.3. The molecule has 0 saturated carbocycles. The van der Waals surface area contributed by atoms with E-state index in [0.29, 0.717) is 13.0 Å². The van der Waals surface area contributed by atoms with Crippen LogP contribution in [0.25, 0.3) is 0 Å². The summed E-state index contributed by atoms with van der Waals surface area (Å²) in [6.07, 6.45) is -1.10. The predicted octanol–water partition coefficient (Wildman–Crippen LogP) is 0.878. The molecule has 1 aromatic heterocycles. The van der Waals surface area contributed by atoms with E-state index in [4.69, 9.17) is 11.6 Å². The molecule has 2 unspecified atom stereocenters. The summed E-state index contributed by atoms with van der Waals surface area (Å²) in [5.74, 6) is -0.680. The summed E-state index contributed by atoms with van der Waals surface area (Å²) in [6.45, 7) is 0.526. The Labute approximate surface area is 98.1 Å². The number of nitrogens with zero attached hydrogens (tertiary/aromatic N) is 1. The first-order chi connectivity index (χ1) is 7.56. The van der Waals surface area contributed by atoms with Gasteiger partial charge in [-0.25, -0.2) is 9.37 Å². The van der Waals surface area contributed by atoms with Gasteiger partial charge in [0.2, 0.25) is 0 Å². The van der Waals surface area contributed by atoms with Crippen molar-refractivity contribution in [3.8, 4) is 0 Å². The minimum atomic E-state index is -1.30. The highest BCUT2D eigenvalue weighted by Gasteiger charge is 2.21. The second-order valence-corrected chi connectivity index (χ2v) is 3.82. The predicted molar refractivity (Wildman–Crippen MR) is 58.7 cm³/mol. The Morgan fingerprint density at radius 3 is 2.88 bits per heavy atom. The maximum Gasteiger partial charge on any atom is 0.147 e. The zero-order chi connectivity index (χ0) is 12.1. The second kappa shape index (κ2) is 6.10. The van der Waals surface area contributed by atoms with Gasteiger partial charge in [-0.05, 0) is 26.1 Å². The first kappa shape index (κ1) is 13.3. The van der Waals surface area contributed by atoms with Crippen LogP contribution < -0.4 is 5.32 Å². The lowest BCUT2D eigenvalue weighted by atomic mass is 10.0. The highest BCUT2D eigenvalue weighted by atomic mass is 35.5. The number of aliphatic hydroxyl groups excluding tert-OH is 2. The van der Waals surface area contributed by atoms with Gasteiger partial charge in [-0.15, -0.1) is 0 Å². The van der Waals surface area contributed by atoms with Crippen LogP contribution in [0.15, 0.2) is 12.3 Å². The van der Waals surface area contributed by atoms with Crippen LogP contribution in [-0.2, 0) is 0 Å². The van der Waals surface area contributed by atoms with Gasteiger partial charge in [-0.2, -0.15) is 0 Å². The topological polar surface area (TPSA) is 65.4 Å². The number of hydrogen-bond acceptors (Lipinski definition) is 4. The molecule has 0 aromatic carbocycles. The number of halogens is 2. The standard InChI is InChI=1S/C10H14ClFN2O2/c1-13-3-2-8(15)10(16)6-4-9(11)14-5-7(6)12/h4-5,8,10,13,15-16H,2-3H2,1H3. The van der Waals surface area contributed by atoms with E-state index < -0.39 is 18.0 Å². The quantitative estimate of drug-likeness (QED) is 0.677. The number of nitrogens with one attached hydrogen (secondary N) is 1. The van der Waals surface area contributed by atoms with Crippen molar-refractivity contribution in [1.29, 1.82) is 0 Å². The molecule has 0 spiro atoms. The van der Waals surface area contributed by atoms with Crippen LogP contribution in [-0.4, -0.2) is 34.9 Å². The molecule has 6 heteroatoms. The number of aliphatic hydroxyl groups is 2. The van der Waals surface area contributed by atoms with Gasteiger partial charge in [-0.3, -0.25) is 0 Å². The second-order valence-electron chi connectivity index (χ2n) is 3.43. The van der Waals surface area contributed by atoms with Gasteiger partial charge in [0.25, 0.3) is 0 Å². The minimum absolute atomic E-state index is 0.0383. The van der Waals surface area contributed by atoms with Gasteiger partial charge in [0.15, 0.2) is 0 Å². The first-order valence-corrected chi connectivity index (χ1v) is 5.25. The van der Waals surface area contributed by atoms with Crippen LogP contribution in [0.5, 0.6) is 0 Å². The third-order valence-electron chi connectivity index (χ3n) is 2.22. The van der Waals surface area contributed by atoms with E-state index >= 15 is 0 Å². The van der Waals surface area contributed by atoms with Crippen molar-refractivity contribution < 1.29 is 14.6 Å². The molecule has 90 valence electrons. The SMILES string of the molecule is CNCCC(O)C(O)c1cc(Cl)ncc1F. The zero-order valence-corrected chi connectivity index (χ0v) is 9.58. The fourth-order valence-electron chi connectivity index (χ4n) is 1.31. The van der Waals surface area contributed by atoms with Crippen molar-refractivity contribution >= 4 is 11.6 Å². The van der Waals surface area contributed by atoms with Crippen LogP contribution in [0, 0.1) is 5.82 Å². The van der Waals surface area contributed by atoms with E-state index in [1.54, 1.807) is 7.05 Å². The van der Waals surface area contributed by atoms with E-state index in [9.17, 15) is 14.6 Å². The molecule has 0 radical (unpaired) electrons. The Hall–Kier alpha value is -0.750. The van der Waals surface area contributed by atoms with Gasteiger partial charge in [0.05, 0.1) is 12.3 Å². The maximum absolute atomic E-state index is 13.3. The molecule has 4 nitrogen and oxygen atoms in total. The average Bonchev–Trinajstić information content (AvgIpc) is 2.28. The summed E-state index contributed by atoms with van der Waals surface area (Å²) in [7, 11) is 1.73. The Balaban J connectivity index is 2.78. The molecule has 0 aliphatic rings. The lowest BCUT2D eigenvalue weighted by Crippen LogP contribution is -2.24. The summed E-state index contributed by atoms with van der Waals surface area (Å²) in [6, 6.07) is 1.21. The maximum atomic E-state index is 13.3. The normalized spacial score (nSPS) is 14.8. The molecule has 1 rings (SSSR count). The summed E-state index contributed by atoms with van der Waals surface area (Å²) in [5, 5.41) is 22.2. The molecule has 0 saturated heterocycles. The van der Waals surface area contributed by atoms with E-state index in [2.05, 4.69) is 10.3 Å². The van der Waals surface area contributed by atoms with Crippen LogP contribution in [0.2, 0.25) is 5.15 Å². The van der Waals surface area contributed by atoms with Crippen molar-refractivity contribution in [2.45, 2.75) is 18.6 Å². The van der Waals surface area contributed by atoms with Crippen LogP contribution >= 0.6 is 11.6 Å². The molecule has 1 heterocycles. The molecule has 0 fully saturated rings. The number of hydrogen-bond donors (Lipinski definition) is 3. The highest BCUT2D eigenvalue weighted by molar-refractivity contribution is 6.29. The van der Waals surface area contributed by atoms with E-state index in [-0.39, 0.29) is 10.7 Å². The molecule has 0 amide bonds. The van der Waals surface area contributed by atoms with Crippen LogP contribution in [0.4, 0.5) is 4.39 Å². The molecule has 1 aromatic rings. The Kier molecular flexibility index (Phi) is 5.08. The molecule has 0 aliphatic heterocycles. The molecule has 3 N–H and O–H groups in total. The van der Waals surface area contributed by atoms with Gasteiger partial charge in [-0.1, -0.05) is 11.6 Å². The lowest BCUT2D eigenvalue weighted by Gasteiger charge is -2.18. The molecule has 2 atom stereocenters.